The second-order valence-electron chi connectivity index (χ2n) is 3.43. The van der Waals surface area contributed by atoms with E-state index in [1.54, 1.807) is 17.8 Å². The summed E-state index contributed by atoms with van der Waals surface area (Å²) in [5.74, 6) is 0.979. The number of H-pyrrole nitrogens is 1. The van der Waals surface area contributed by atoms with Crippen molar-refractivity contribution in [3.63, 3.8) is 0 Å². The summed E-state index contributed by atoms with van der Waals surface area (Å²) in [6.07, 6.45) is 0. The first-order valence-corrected chi connectivity index (χ1v) is 5.96. The van der Waals surface area contributed by atoms with Gasteiger partial charge in [0.1, 0.15) is 0 Å². The third-order valence-electron chi connectivity index (χ3n) is 2.35. The van der Waals surface area contributed by atoms with Gasteiger partial charge in [0.2, 0.25) is 5.56 Å². The minimum absolute atomic E-state index is 0.0206. The Morgan fingerprint density at radius 3 is 2.93 bits per heavy atom. The van der Waals surface area contributed by atoms with E-state index in [2.05, 4.69) is 18.0 Å². The number of para-hydroxylation sites is 1. The zero-order chi connectivity index (χ0) is 10.8. The number of rotatable bonds is 2. The van der Waals surface area contributed by atoms with Crippen LogP contribution in [0.15, 0.2) is 34.0 Å². The normalized spacial score (nSPS) is 10.8. The van der Waals surface area contributed by atoms with Crippen molar-refractivity contribution in [3.8, 4) is 0 Å². The predicted molar refractivity (Wildman–Crippen MR) is 65.7 cm³/mol. The van der Waals surface area contributed by atoms with Crippen LogP contribution in [0.25, 0.3) is 10.9 Å². The van der Waals surface area contributed by atoms with Gasteiger partial charge >= 0.3 is 0 Å². The second kappa shape index (κ2) is 4.11. The summed E-state index contributed by atoms with van der Waals surface area (Å²) < 4.78 is 0. The summed E-state index contributed by atoms with van der Waals surface area (Å²) in [5.41, 5.74) is 2.05. The number of nitrogens with one attached hydrogen (secondary N) is 1. The number of aromatic amines is 1. The molecular formula is C12H13NOS. The molecule has 0 bridgehead atoms. The van der Waals surface area contributed by atoms with Gasteiger partial charge in [0.05, 0.1) is 5.52 Å². The van der Waals surface area contributed by atoms with E-state index in [1.165, 1.54) is 0 Å². The van der Waals surface area contributed by atoms with E-state index in [-0.39, 0.29) is 5.56 Å². The Labute approximate surface area is 92.7 Å². The molecule has 0 amide bonds. The maximum Gasteiger partial charge on any atom is 0.249 e. The average Bonchev–Trinajstić information content (AvgIpc) is 2.20. The average molecular weight is 219 g/mol. The highest BCUT2D eigenvalue weighted by molar-refractivity contribution is 7.99. The van der Waals surface area contributed by atoms with Gasteiger partial charge in [0.25, 0.3) is 0 Å². The molecule has 3 heteroatoms. The first-order valence-electron chi connectivity index (χ1n) is 4.98. The minimum atomic E-state index is -0.0206. The fraction of sp³-hybridized carbons (Fsp3) is 0.250. The number of thioether (sulfide) groups is 1. The fourth-order valence-electron chi connectivity index (χ4n) is 1.67. The number of aromatic nitrogens is 1. The molecule has 0 spiro atoms. The first kappa shape index (κ1) is 10.3. The van der Waals surface area contributed by atoms with Gasteiger partial charge in [0, 0.05) is 16.3 Å². The van der Waals surface area contributed by atoms with Crippen LogP contribution in [0.5, 0.6) is 0 Å². The zero-order valence-corrected chi connectivity index (χ0v) is 9.65. The topological polar surface area (TPSA) is 32.9 Å². The molecule has 1 heterocycles. The van der Waals surface area contributed by atoms with Gasteiger partial charge < -0.3 is 4.98 Å². The Hall–Kier alpha value is -1.22. The lowest BCUT2D eigenvalue weighted by atomic mass is 10.1. The van der Waals surface area contributed by atoms with E-state index < -0.39 is 0 Å². The molecule has 0 unspecified atom stereocenters. The highest BCUT2D eigenvalue weighted by atomic mass is 32.2. The van der Waals surface area contributed by atoms with Crippen molar-refractivity contribution in [2.45, 2.75) is 18.7 Å². The molecule has 15 heavy (non-hydrogen) atoms. The lowest BCUT2D eigenvalue weighted by Crippen LogP contribution is -2.05. The van der Waals surface area contributed by atoms with Crippen LogP contribution in [0.1, 0.15) is 12.5 Å². The molecule has 1 aromatic carbocycles. The van der Waals surface area contributed by atoms with E-state index in [0.29, 0.717) is 0 Å². The largest absolute Gasteiger partial charge is 0.322 e. The van der Waals surface area contributed by atoms with E-state index >= 15 is 0 Å². The van der Waals surface area contributed by atoms with Crippen molar-refractivity contribution < 1.29 is 0 Å². The van der Waals surface area contributed by atoms with Gasteiger partial charge in [-0.15, -0.1) is 11.8 Å². The lowest BCUT2D eigenvalue weighted by molar-refractivity contribution is 1.24. The molecular weight excluding hydrogens is 206 g/mol. The summed E-state index contributed by atoms with van der Waals surface area (Å²) in [6, 6.07) is 7.76. The van der Waals surface area contributed by atoms with Crippen LogP contribution in [0.3, 0.4) is 0 Å². The second-order valence-corrected chi connectivity index (χ2v) is 4.73. The van der Waals surface area contributed by atoms with Crippen LogP contribution in [0.2, 0.25) is 0 Å². The summed E-state index contributed by atoms with van der Waals surface area (Å²) in [5, 5.41) is 1.14. The summed E-state index contributed by atoms with van der Waals surface area (Å²) in [7, 11) is 0. The molecule has 0 aliphatic rings. The van der Waals surface area contributed by atoms with Crippen LogP contribution < -0.4 is 5.56 Å². The Morgan fingerprint density at radius 1 is 1.40 bits per heavy atom. The van der Waals surface area contributed by atoms with Crippen LogP contribution in [0, 0.1) is 6.92 Å². The molecule has 0 saturated carbocycles. The van der Waals surface area contributed by atoms with Gasteiger partial charge in [-0.1, -0.05) is 25.1 Å². The molecule has 2 rings (SSSR count). The molecule has 0 aliphatic carbocycles. The number of hydrogen-bond donors (Lipinski definition) is 1. The molecule has 2 aromatic rings. The monoisotopic (exact) mass is 219 g/mol. The van der Waals surface area contributed by atoms with E-state index in [0.717, 1.165) is 27.1 Å². The number of aryl methyl sites for hydroxylation is 1. The Balaban J connectivity index is 2.80. The quantitative estimate of drug-likeness (QED) is 0.788. The highest BCUT2D eigenvalue weighted by Gasteiger charge is 2.04. The van der Waals surface area contributed by atoms with Gasteiger partial charge in [-0.05, 0) is 18.2 Å². The van der Waals surface area contributed by atoms with Crippen molar-refractivity contribution in [2.75, 3.05) is 5.75 Å². The zero-order valence-electron chi connectivity index (χ0n) is 8.83. The number of fused-ring (bicyclic) bond motifs is 1. The van der Waals surface area contributed by atoms with Crippen molar-refractivity contribution >= 4 is 22.7 Å². The molecule has 1 aromatic heterocycles. The van der Waals surface area contributed by atoms with Gasteiger partial charge in [0.15, 0.2) is 0 Å². The first-order chi connectivity index (χ1) is 7.22. The van der Waals surface area contributed by atoms with Crippen molar-refractivity contribution in [2.24, 2.45) is 0 Å². The van der Waals surface area contributed by atoms with Crippen molar-refractivity contribution in [3.05, 3.63) is 40.2 Å². The van der Waals surface area contributed by atoms with E-state index in [9.17, 15) is 4.79 Å². The fourth-order valence-corrected chi connectivity index (χ4v) is 2.50. The molecule has 1 N–H and O–H groups in total. The van der Waals surface area contributed by atoms with Gasteiger partial charge in [-0.25, -0.2) is 0 Å². The summed E-state index contributed by atoms with van der Waals surface area (Å²) >= 11 is 1.71. The van der Waals surface area contributed by atoms with Crippen LogP contribution >= 0.6 is 11.8 Å². The molecule has 0 fully saturated rings. The van der Waals surface area contributed by atoms with Crippen molar-refractivity contribution in [1.82, 2.24) is 4.98 Å². The molecule has 0 radical (unpaired) electrons. The minimum Gasteiger partial charge on any atom is -0.322 e. The van der Waals surface area contributed by atoms with E-state index in [1.807, 2.05) is 19.1 Å². The van der Waals surface area contributed by atoms with Crippen LogP contribution in [0.4, 0.5) is 0 Å². The standard InChI is InChI=1S/C12H13NOS/c1-3-15-10-7-11(14)13-12-8(2)5-4-6-9(10)12/h4-7H,3H2,1-2H3,(H,13,14). The summed E-state index contributed by atoms with van der Waals surface area (Å²) in [4.78, 5) is 15.4. The van der Waals surface area contributed by atoms with E-state index in [4.69, 9.17) is 0 Å². The lowest BCUT2D eigenvalue weighted by Gasteiger charge is -2.06. The molecule has 0 saturated heterocycles. The maximum atomic E-state index is 11.5. The smallest absolute Gasteiger partial charge is 0.249 e. The Morgan fingerprint density at radius 2 is 2.20 bits per heavy atom. The summed E-state index contributed by atoms with van der Waals surface area (Å²) in [6.45, 7) is 4.10. The van der Waals surface area contributed by atoms with Crippen molar-refractivity contribution in [1.29, 1.82) is 0 Å². The third kappa shape index (κ3) is 1.92. The Bertz CT molecular complexity index is 545. The molecule has 0 aliphatic heterocycles. The maximum absolute atomic E-state index is 11.5. The SMILES string of the molecule is CCSc1cc(=O)[nH]c2c(C)cccc12. The van der Waals surface area contributed by atoms with Gasteiger partial charge in [-0.3, -0.25) is 4.79 Å². The van der Waals surface area contributed by atoms with Gasteiger partial charge in [-0.2, -0.15) is 0 Å². The highest BCUT2D eigenvalue weighted by Crippen LogP contribution is 2.26. The number of benzene rings is 1. The number of pyridine rings is 1. The predicted octanol–water partition coefficient (Wildman–Crippen LogP) is 2.95. The van der Waals surface area contributed by atoms with Crippen LogP contribution in [-0.4, -0.2) is 10.7 Å². The molecule has 0 atom stereocenters. The molecule has 78 valence electrons. The van der Waals surface area contributed by atoms with Crippen LogP contribution in [-0.2, 0) is 0 Å². The molecule has 2 nitrogen and oxygen atoms in total. The number of hydrogen-bond acceptors (Lipinski definition) is 2. The Kier molecular flexibility index (Phi) is 2.82. The third-order valence-corrected chi connectivity index (χ3v) is 3.29.